The second kappa shape index (κ2) is 5.22. The number of hydrogen-bond acceptors (Lipinski definition) is 0. The van der Waals surface area contributed by atoms with Gasteiger partial charge in [-0.3, -0.25) is 0 Å². The highest BCUT2D eigenvalue weighted by molar-refractivity contribution is 5.22. The van der Waals surface area contributed by atoms with Gasteiger partial charge < -0.3 is 4.48 Å². The van der Waals surface area contributed by atoms with E-state index in [2.05, 4.69) is 66.1 Å². The zero-order chi connectivity index (χ0) is 13.1. The first-order valence-electron chi connectivity index (χ1n) is 6.62. The van der Waals surface area contributed by atoms with Crippen LogP contribution in [0.25, 0.3) is 0 Å². The van der Waals surface area contributed by atoms with Gasteiger partial charge in [0.25, 0.3) is 0 Å². The van der Waals surface area contributed by atoms with Crippen molar-refractivity contribution in [2.45, 2.75) is 40.7 Å². The molecule has 0 aliphatic rings. The maximum Gasteiger partial charge on any atom is 0.104 e. The van der Waals surface area contributed by atoms with Crippen molar-refractivity contribution < 1.29 is 4.48 Å². The SMILES string of the molecule is CC[N+](C)(C)Cc1ccc(CC(C)(C)C)cc1. The third kappa shape index (κ3) is 5.36. The molecule has 1 rings (SSSR count). The Morgan fingerprint density at radius 3 is 1.82 bits per heavy atom. The first-order valence-corrected chi connectivity index (χ1v) is 6.62. The van der Waals surface area contributed by atoms with Crippen LogP contribution in [0.1, 0.15) is 38.8 Å². The fraction of sp³-hybridized carbons (Fsp3) is 0.625. The van der Waals surface area contributed by atoms with Crippen molar-refractivity contribution >= 4 is 0 Å². The van der Waals surface area contributed by atoms with Crippen LogP contribution in [-0.2, 0) is 13.0 Å². The molecule has 0 saturated heterocycles. The monoisotopic (exact) mass is 234 g/mol. The molecule has 0 saturated carbocycles. The molecule has 0 amide bonds. The molecule has 1 aromatic carbocycles. The maximum absolute atomic E-state index is 2.29. The van der Waals surface area contributed by atoms with Crippen LogP contribution in [0.15, 0.2) is 24.3 Å². The summed E-state index contributed by atoms with van der Waals surface area (Å²) in [4.78, 5) is 0. The summed E-state index contributed by atoms with van der Waals surface area (Å²) in [6.45, 7) is 11.4. The Morgan fingerprint density at radius 2 is 1.41 bits per heavy atom. The van der Waals surface area contributed by atoms with Gasteiger partial charge in [0.15, 0.2) is 0 Å². The number of nitrogens with zero attached hydrogens (tertiary/aromatic N) is 1. The van der Waals surface area contributed by atoms with Crippen LogP contribution in [0.5, 0.6) is 0 Å². The molecule has 0 unspecified atom stereocenters. The zero-order valence-corrected chi connectivity index (χ0v) is 12.4. The van der Waals surface area contributed by atoms with E-state index in [-0.39, 0.29) is 0 Å². The van der Waals surface area contributed by atoms with Crippen LogP contribution >= 0.6 is 0 Å². The van der Waals surface area contributed by atoms with Gasteiger partial charge in [-0.1, -0.05) is 45.0 Å². The van der Waals surface area contributed by atoms with E-state index in [0.29, 0.717) is 5.41 Å². The van der Waals surface area contributed by atoms with Crippen LogP contribution in [0.2, 0.25) is 0 Å². The molecule has 0 aromatic heterocycles. The summed E-state index contributed by atoms with van der Waals surface area (Å²) in [5, 5.41) is 0. The first kappa shape index (κ1) is 14.2. The van der Waals surface area contributed by atoms with E-state index < -0.39 is 0 Å². The molecule has 96 valence electrons. The Morgan fingerprint density at radius 1 is 0.941 bits per heavy atom. The van der Waals surface area contributed by atoms with Crippen LogP contribution in [-0.4, -0.2) is 25.1 Å². The van der Waals surface area contributed by atoms with Crippen molar-refractivity contribution in [2.75, 3.05) is 20.6 Å². The molecule has 1 aromatic rings. The summed E-state index contributed by atoms with van der Waals surface area (Å²) in [5.41, 5.74) is 3.26. The number of benzene rings is 1. The molecule has 0 aliphatic heterocycles. The van der Waals surface area contributed by atoms with Gasteiger partial charge in [0, 0.05) is 5.56 Å². The van der Waals surface area contributed by atoms with E-state index in [1.807, 2.05) is 0 Å². The van der Waals surface area contributed by atoms with Gasteiger partial charge in [-0.25, -0.2) is 0 Å². The lowest BCUT2D eigenvalue weighted by Crippen LogP contribution is -2.38. The Bertz CT molecular complexity index is 341. The summed E-state index contributed by atoms with van der Waals surface area (Å²) in [5.74, 6) is 0. The van der Waals surface area contributed by atoms with Crippen molar-refractivity contribution in [1.82, 2.24) is 0 Å². The fourth-order valence-corrected chi connectivity index (χ4v) is 1.98. The largest absolute Gasteiger partial charge is 0.325 e. The van der Waals surface area contributed by atoms with E-state index >= 15 is 0 Å². The van der Waals surface area contributed by atoms with E-state index in [1.54, 1.807) is 0 Å². The average Bonchev–Trinajstić information content (AvgIpc) is 2.19. The highest BCUT2D eigenvalue weighted by Gasteiger charge is 2.14. The molecule has 0 heterocycles. The van der Waals surface area contributed by atoms with Gasteiger partial charge in [-0.15, -0.1) is 0 Å². The summed E-state index contributed by atoms with van der Waals surface area (Å²) in [7, 11) is 4.56. The van der Waals surface area contributed by atoms with E-state index in [4.69, 9.17) is 0 Å². The lowest BCUT2D eigenvalue weighted by molar-refractivity contribution is -0.901. The van der Waals surface area contributed by atoms with Gasteiger partial charge in [-0.2, -0.15) is 0 Å². The molecule has 17 heavy (non-hydrogen) atoms. The molecule has 0 spiro atoms. The van der Waals surface area contributed by atoms with Crippen LogP contribution in [0.3, 0.4) is 0 Å². The molecule has 1 nitrogen and oxygen atoms in total. The smallest absolute Gasteiger partial charge is 0.104 e. The van der Waals surface area contributed by atoms with Crippen molar-refractivity contribution in [3.63, 3.8) is 0 Å². The molecule has 0 aliphatic carbocycles. The minimum atomic E-state index is 0.375. The van der Waals surface area contributed by atoms with E-state index in [1.165, 1.54) is 17.7 Å². The standard InChI is InChI=1S/C16H28N/c1-7-17(5,6)13-15-10-8-14(9-11-15)12-16(2,3)4/h8-11H,7,12-13H2,1-6H3/q+1. The van der Waals surface area contributed by atoms with Crippen molar-refractivity contribution in [3.8, 4) is 0 Å². The Balaban J connectivity index is 2.69. The topological polar surface area (TPSA) is 0 Å². The van der Waals surface area contributed by atoms with Gasteiger partial charge in [0.2, 0.25) is 0 Å². The molecule has 1 heteroatoms. The van der Waals surface area contributed by atoms with Gasteiger partial charge in [-0.05, 0) is 24.3 Å². The molecular weight excluding hydrogens is 206 g/mol. The highest BCUT2D eigenvalue weighted by atomic mass is 15.3. The van der Waals surface area contributed by atoms with Gasteiger partial charge in [0.1, 0.15) is 6.54 Å². The Hall–Kier alpha value is -0.820. The predicted octanol–water partition coefficient (Wildman–Crippen LogP) is 3.87. The molecular formula is C16H28N+. The van der Waals surface area contributed by atoms with Gasteiger partial charge in [0.05, 0.1) is 20.6 Å². The fourth-order valence-electron chi connectivity index (χ4n) is 1.98. The molecule has 0 bridgehead atoms. The van der Waals surface area contributed by atoms with Crippen molar-refractivity contribution in [1.29, 1.82) is 0 Å². The molecule has 0 fully saturated rings. The van der Waals surface area contributed by atoms with Crippen molar-refractivity contribution in [3.05, 3.63) is 35.4 Å². The second-order valence-electron chi connectivity index (χ2n) is 6.96. The minimum Gasteiger partial charge on any atom is -0.325 e. The predicted molar refractivity (Wildman–Crippen MR) is 76.0 cm³/mol. The molecule has 0 atom stereocenters. The van der Waals surface area contributed by atoms with E-state index in [0.717, 1.165) is 17.4 Å². The lowest BCUT2D eigenvalue weighted by atomic mass is 9.88. The zero-order valence-electron chi connectivity index (χ0n) is 12.4. The number of quaternary nitrogens is 1. The maximum atomic E-state index is 2.29. The summed E-state index contributed by atoms with van der Waals surface area (Å²) < 4.78 is 1.05. The molecule has 0 N–H and O–H groups in total. The summed E-state index contributed by atoms with van der Waals surface area (Å²) in [6, 6.07) is 9.15. The second-order valence-corrected chi connectivity index (χ2v) is 6.96. The Labute approximate surface area is 107 Å². The third-order valence-corrected chi connectivity index (χ3v) is 3.22. The van der Waals surface area contributed by atoms with Crippen LogP contribution in [0, 0.1) is 5.41 Å². The molecule has 0 radical (unpaired) electrons. The third-order valence-electron chi connectivity index (χ3n) is 3.22. The van der Waals surface area contributed by atoms with Crippen LogP contribution in [0.4, 0.5) is 0 Å². The summed E-state index contributed by atoms with van der Waals surface area (Å²) in [6.07, 6.45) is 1.15. The quantitative estimate of drug-likeness (QED) is 0.694. The average molecular weight is 234 g/mol. The van der Waals surface area contributed by atoms with Crippen molar-refractivity contribution in [2.24, 2.45) is 5.41 Å². The lowest BCUT2D eigenvalue weighted by Gasteiger charge is -2.28. The normalized spacial score (nSPS) is 12.8. The van der Waals surface area contributed by atoms with Gasteiger partial charge >= 0.3 is 0 Å². The van der Waals surface area contributed by atoms with Crippen LogP contribution < -0.4 is 0 Å². The minimum absolute atomic E-state index is 0.375. The Kier molecular flexibility index (Phi) is 4.37. The highest BCUT2D eigenvalue weighted by Crippen LogP contribution is 2.21. The number of hydrogen-bond donors (Lipinski definition) is 0. The first-order chi connectivity index (χ1) is 7.72. The van der Waals surface area contributed by atoms with E-state index in [9.17, 15) is 0 Å². The summed E-state index contributed by atoms with van der Waals surface area (Å²) >= 11 is 0. The number of rotatable bonds is 4.